The number of pyridine rings is 5. The van der Waals surface area contributed by atoms with Gasteiger partial charge in [-0.3, -0.25) is 0 Å². The molecule has 410 valence electrons. The number of aromatic nitrogens is 5. The Hall–Kier alpha value is -8.15. The number of hydrogen-bond acceptors (Lipinski definition) is 0. The lowest BCUT2D eigenvalue weighted by molar-refractivity contribution is -0.661. The van der Waals surface area contributed by atoms with E-state index in [1.165, 1.54) is 67.0 Å². The van der Waals surface area contributed by atoms with E-state index in [2.05, 4.69) is 194 Å². The van der Waals surface area contributed by atoms with Crippen LogP contribution < -0.4 is 22.8 Å². The van der Waals surface area contributed by atoms with Gasteiger partial charge in [-0.25, -0.2) is 22.8 Å². The molecular weight excluding hydrogens is 971 g/mol. The number of benzene rings is 5. The van der Waals surface area contributed by atoms with Crippen LogP contribution >= 0.6 is 0 Å². The van der Waals surface area contributed by atoms with Crippen molar-refractivity contribution in [3.8, 4) is 56.3 Å². The number of rotatable bonds is 5. The Balaban J connectivity index is 0.000000178. The van der Waals surface area contributed by atoms with E-state index in [0.717, 1.165) is 56.0 Å². The Bertz CT molecular complexity index is 4090. The summed E-state index contributed by atoms with van der Waals surface area (Å²) in [4.78, 5) is 0. The summed E-state index contributed by atoms with van der Waals surface area (Å²) in [5.74, 6) is 0. The Labute approximate surface area is 494 Å². The fourth-order valence-corrected chi connectivity index (χ4v) is 10.3. The Morgan fingerprint density at radius 1 is 0.263 bits per heavy atom. The topological polar surface area (TPSA) is 19.4 Å². The Kier molecular flexibility index (Phi) is 16.9. The fraction of sp³-hybridized carbons (Fsp3) is 0.267. The van der Waals surface area contributed by atoms with Gasteiger partial charge in [-0.1, -0.05) is 91.0 Å². The zero-order chi connectivity index (χ0) is 66.0. The first kappa shape index (κ1) is 48.9. The lowest BCUT2D eigenvalue weighted by Gasteiger charge is -2.10. The molecule has 0 amide bonds. The van der Waals surface area contributed by atoms with Crippen molar-refractivity contribution in [3.63, 3.8) is 0 Å². The van der Waals surface area contributed by atoms with E-state index in [1.54, 1.807) is 24.7 Å². The molecule has 0 bridgehead atoms. The molecule has 5 heteroatoms. The second-order valence-corrected chi connectivity index (χ2v) is 21.3. The molecule has 80 heavy (non-hydrogen) atoms. The van der Waals surface area contributed by atoms with Crippen LogP contribution in [0.2, 0.25) is 0 Å². The zero-order valence-electron chi connectivity index (χ0n) is 59.6. The van der Waals surface area contributed by atoms with Crippen molar-refractivity contribution in [2.24, 2.45) is 35.2 Å². The van der Waals surface area contributed by atoms with Gasteiger partial charge in [0.05, 0.1) is 0 Å². The van der Waals surface area contributed by atoms with Crippen LogP contribution in [0.4, 0.5) is 0 Å². The lowest BCUT2D eigenvalue weighted by Crippen LogP contribution is -2.33. The highest BCUT2D eigenvalue weighted by Gasteiger charge is 2.21. The predicted octanol–water partition coefficient (Wildman–Crippen LogP) is 15.5. The van der Waals surface area contributed by atoms with Crippen molar-refractivity contribution >= 4 is 0 Å². The molecule has 0 atom stereocenters. The third-order valence-electron chi connectivity index (χ3n) is 15.2. The first-order valence-electron chi connectivity index (χ1n) is 31.9. The minimum atomic E-state index is -2.07. The molecular formula is C75H90N5+5. The van der Waals surface area contributed by atoms with Crippen LogP contribution in [-0.2, 0) is 35.2 Å². The second-order valence-electron chi connectivity index (χ2n) is 21.3. The van der Waals surface area contributed by atoms with Gasteiger partial charge in [-0.15, -0.1) is 0 Å². The summed E-state index contributed by atoms with van der Waals surface area (Å²) < 4.78 is 78.2. The first-order chi connectivity index (χ1) is 41.6. The maximum atomic E-state index is 7.64. The average Bonchev–Trinajstić information content (AvgIpc) is 1.64. The highest BCUT2D eigenvalue weighted by atomic mass is 14.9. The Morgan fingerprint density at radius 2 is 0.662 bits per heavy atom. The van der Waals surface area contributed by atoms with Crippen molar-refractivity contribution in [1.82, 2.24) is 0 Å². The summed E-state index contributed by atoms with van der Waals surface area (Å²) in [6, 6.07) is 51.6. The van der Waals surface area contributed by atoms with Gasteiger partial charge in [0, 0.05) is 97.3 Å². The van der Waals surface area contributed by atoms with Crippen LogP contribution in [0.15, 0.2) is 183 Å². The fourth-order valence-electron chi connectivity index (χ4n) is 10.3. The lowest BCUT2D eigenvalue weighted by atomic mass is 9.97. The largest absolute Gasteiger partial charge is 0.215 e. The molecule has 5 aromatic heterocycles. The van der Waals surface area contributed by atoms with Crippen molar-refractivity contribution in [2.75, 3.05) is 0 Å². The van der Waals surface area contributed by atoms with Gasteiger partial charge in [0.1, 0.15) is 35.2 Å². The van der Waals surface area contributed by atoms with Crippen LogP contribution in [0.25, 0.3) is 56.3 Å². The molecule has 10 aromatic rings. The first-order valence-corrected chi connectivity index (χ1v) is 27.4. The summed E-state index contributed by atoms with van der Waals surface area (Å²) in [6.45, 7) is 18.5. The minimum Gasteiger partial charge on any atom is -0.201 e. The maximum absolute atomic E-state index is 7.64. The number of aryl methyl sites for hydroxylation is 17. The van der Waals surface area contributed by atoms with Gasteiger partial charge in [0.25, 0.3) is 0 Å². The quantitative estimate of drug-likeness (QED) is 0.153. The predicted molar refractivity (Wildman–Crippen MR) is 336 cm³/mol. The van der Waals surface area contributed by atoms with Crippen molar-refractivity contribution in [3.05, 3.63) is 266 Å². The third-order valence-corrected chi connectivity index (χ3v) is 15.2. The average molecular weight is 1070 g/mol. The van der Waals surface area contributed by atoms with E-state index in [-0.39, 0.29) is 0 Å². The van der Waals surface area contributed by atoms with E-state index < -0.39 is 20.6 Å². The van der Waals surface area contributed by atoms with Crippen LogP contribution in [0.3, 0.4) is 0 Å². The molecule has 0 N–H and O–H groups in total. The Morgan fingerprint density at radius 3 is 1.11 bits per heavy atom. The molecule has 0 saturated heterocycles. The van der Waals surface area contributed by atoms with Gasteiger partial charge in [0.2, 0.25) is 28.5 Å². The van der Waals surface area contributed by atoms with Crippen LogP contribution in [0.1, 0.15) is 95.8 Å². The van der Waals surface area contributed by atoms with Crippen LogP contribution in [0, 0.1) is 104 Å². The molecule has 0 aliphatic rings. The van der Waals surface area contributed by atoms with Gasteiger partial charge in [-0.05, 0) is 191 Å². The molecule has 5 aromatic carbocycles. The van der Waals surface area contributed by atoms with Gasteiger partial charge < -0.3 is 0 Å². The summed E-state index contributed by atoms with van der Waals surface area (Å²) in [5, 5.41) is 0. The molecule has 10 rings (SSSR count). The molecule has 0 fully saturated rings. The van der Waals surface area contributed by atoms with Crippen LogP contribution in [-0.4, -0.2) is 0 Å². The van der Waals surface area contributed by atoms with E-state index in [4.69, 9.17) is 12.3 Å². The second kappa shape index (κ2) is 27.6. The van der Waals surface area contributed by atoms with E-state index in [0.29, 0.717) is 16.7 Å². The molecule has 0 aliphatic carbocycles. The van der Waals surface area contributed by atoms with Crippen molar-refractivity contribution < 1.29 is 35.2 Å². The van der Waals surface area contributed by atoms with Crippen LogP contribution in [0.5, 0.6) is 0 Å². The third kappa shape index (κ3) is 14.7. The van der Waals surface area contributed by atoms with Gasteiger partial charge in [0.15, 0.2) is 31.0 Å². The highest BCUT2D eigenvalue weighted by molar-refractivity contribution is 5.68. The molecule has 0 spiro atoms. The standard InChI is InChI=1S/C16H20N.3C15H18N.C14H16N/c1-11-8-6-7-9-15(11)16-14(4)13(3)12(2)10-17(16)5;1-11-9-13(3)15(16(4)10-11)14-8-6-5-7-12(14)2;1-11-7-5-6-8-14(11)15-9-12(2)13(3)10-16(15)4;1-11-9-10-16(4)15(13(11)3)14-8-6-5-7-12(14)2;1-11-7-4-5-9-13(11)14-12(2)8-6-10-15(14)3/h6-10H,1-5H3;3*5-10H,1-4H3;4-10H,1-3H3/q5*+1/i2D3;1D3;3D3;;. The zero-order valence-corrected chi connectivity index (χ0v) is 50.6. The van der Waals surface area contributed by atoms with Gasteiger partial charge >= 0.3 is 0 Å². The van der Waals surface area contributed by atoms with E-state index in [9.17, 15) is 0 Å². The highest BCUT2D eigenvalue weighted by Crippen LogP contribution is 2.28. The summed E-state index contributed by atoms with van der Waals surface area (Å²) in [5.41, 5.74) is 26.9. The SMILES string of the molecule is Cc1ccccc1-c1c(C)c(C)cc[n+]1C.Cc1ccccc1-c1c(C)ccc[n+]1C.[2H]C([2H])([2H])c1c[n+](C)c(-c2ccccc2C)c(C)c1C.[2H]C([2H])([2H])c1c[n+](C)c(-c2ccccc2C)cc1C.[2H]C([2H])([2H])c1cc(C)c(-c2ccccc2C)[n+](C)c1. The summed E-state index contributed by atoms with van der Waals surface area (Å²) in [7, 11) is 9.88. The normalized spacial score (nSPS) is 12.6. The maximum Gasteiger partial charge on any atom is 0.215 e. The molecule has 0 radical (unpaired) electrons. The smallest absolute Gasteiger partial charge is 0.201 e. The van der Waals surface area contributed by atoms with Crippen molar-refractivity contribution in [2.45, 2.75) is 104 Å². The summed E-state index contributed by atoms with van der Waals surface area (Å²) in [6.07, 6.45) is 9.36. The molecule has 5 heterocycles. The number of nitrogens with zero attached hydrogens (tertiary/aromatic N) is 5. The molecule has 0 aliphatic heterocycles. The molecule has 0 saturated carbocycles. The summed E-state index contributed by atoms with van der Waals surface area (Å²) >= 11 is 0. The minimum absolute atomic E-state index is 0.379. The van der Waals surface area contributed by atoms with Gasteiger partial charge in [-0.2, -0.15) is 0 Å². The molecule has 0 unspecified atom stereocenters. The van der Waals surface area contributed by atoms with E-state index >= 15 is 0 Å². The number of hydrogen-bond donors (Lipinski definition) is 0. The molecule has 5 nitrogen and oxygen atoms in total. The van der Waals surface area contributed by atoms with Crippen molar-refractivity contribution in [1.29, 1.82) is 0 Å². The monoisotopic (exact) mass is 1070 g/mol. The van der Waals surface area contributed by atoms with E-state index in [1.807, 2.05) is 105 Å².